The lowest BCUT2D eigenvalue weighted by Gasteiger charge is -2.08. The number of nitrogens with zero attached hydrogens (tertiary/aromatic N) is 4. The minimum atomic E-state index is 0.0175. The van der Waals surface area contributed by atoms with Crippen LogP contribution in [0.4, 0.5) is 0 Å². The van der Waals surface area contributed by atoms with Crippen molar-refractivity contribution in [3.8, 4) is 0 Å². The molecule has 2 rings (SSSR count). The van der Waals surface area contributed by atoms with Gasteiger partial charge in [0, 0.05) is 24.2 Å². The molecule has 6 heteroatoms. The van der Waals surface area contributed by atoms with Crippen molar-refractivity contribution in [1.82, 2.24) is 19.7 Å². The van der Waals surface area contributed by atoms with Crippen LogP contribution in [-0.2, 0) is 7.05 Å². The van der Waals surface area contributed by atoms with Gasteiger partial charge in [-0.3, -0.25) is 4.98 Å². The molecule has 90 valence electrons. The maximum absolute atomic E-state index is 5.91. The van der Waals surface area contributed by atoms with Crippen LogP contribution in [0.25, 0.3) is 0 Å². The number of hydrogen-bond acceptors (Lipinski definition) is 5. The first kappa shape index (κ1) is 12.1. The summed E-state index contributed by atoms with van der Waals surface area (Å²) in [6.45, 7) is 2.05. The van der Waals surface area contributed by atoms with Crippen molar-refractivity contribution in [2.45, 2.75) is 29.4 Å². The predicted molar refractivity (Wildman–Crippen MR) is 66.6 cm³/mol. The molecule has 17 heavy (non-hydrogen) atoms. The monoisotopic (exact) mass is 249 g/mol. The van der Waals surface area contributed by atoms with Gasteiger partial charge < -0.3 is 10.3 Å². The summed E-state index contributed by atoms with van der Waals surface area (Å²) < 4.78 is 1.87. The molecule has 5 nitrogen and oxygen atoms in total. The van der Waals surface area contributed by atoms with Gasteiger partial charge in [-0.25, -0.2) is 0 Å². The number of rotatable bonds is 4. The number of aryl methyl sites for hydroxylation is 1. The van der Waals surface area contributed by atoms with Crippen molar-refractivity contribution in [2.24, 2.45) is 12.8 Å². The molecule has 0 aromatic carbocycles. The number of pyridine rings is 1. The van der Waals surface area contributed by atoms with E-state index in [0.717, 1.165) is 22.2 Å². The highest BCUT2D eigenvalue weighted by Crippen LogP contribution is 2.25. The molecule has 0 unspecified atom stereocenters. The molecule has 2 aromatic heterocycles. The molecular weight excluding hydrogens is 234 g/mol. The molecule has 1 atom stereocenters. The van der Waals surface area contributed by atoms with E-state index in [1.54, 1.807) is 6.33 Å². The highest BCUT2D eigenvalue weighted by molar-refractivity contribution is 7.99. The zero-order valence-corrected chi connectivity index (χ0v) is 10.7. The minimum Gasteiger partial charge on any atom is -0.323 e. The number of aromatic nitrogens is 4. The highest BCUT2D eigenvalue weighted by atomic mass is 32.2. The minimum absolute atomic E-state index is 0.0175. The van der Waals surface area contributed by atoms with E-state index in [0.29, 0.717) is 0 Å². The average Bonchev–Trinajstić information content (AvgIpc) is 2.75. The Balaban J connectivity index is 2.11. The first-order valence-electron chi connectivity index (χ1n) is 5.44. The molecule has 0 saturated carbocycles. The largest absolute Gasteiger partial charge is 0.323 e. The molecule has 0 saturated heterocycles. The molecule has 0 bridgehead atoms. The van der Waals surface area contributed by atoms with E-state index in [2.05, 4.69) is 22.1 Å². The Labute approximate surface area is 104 Å². The molecule has 2 aromatic rings. The zero-order chi connectivity index (χ0) is 12.3. The molecule has 0 spiro atoms. The van der Waals surface area contributed by atoms with E-state index >= 15 is 0 Å². The third-order valence-corrected chi connectivity index (χ3v) is 3.49. The second-order valence-electron chi connectivity index (χ2n) is 3.76. The summed E-state index contributed by atoms with van der Waals surface area (Å²) in [6.07, 6.45) is 4.39. The van der Waals surface area contributed by atoms with Gasteiger partial charge in [0.1, 0.15) is 6.33 Å². The van der Waals surface area contributed by atoms with Crippen molar-refractivity contribution in [2.75, 3.05) is 0 Å². The van der Waals surface area contributed by atoms with Gasteiger partial charge in [0.05, 0.1) is 5.69 Å². The Kier molecular flexibility index (Phi) is 3.75. The average molecular weight is 249 g/mol. The standard InChI is InChI=1S/C11H15N5S/c1-3-9(12)10-5-4-8(6-13-10)17-11-15-14-7-16(11)2/h4-7,9H,3,12H2,1-2H3/t9-/m1/s1. The van der Waals surface area contributed by atoms with Gasteiger partial charge in [-0.05, 0) is 30.3 Å². The van der Waals surface area contributed by atoms with Gasteiger partial charge in [-0.2, -0.15) is 0 Å². The fourth-order valence-corrected chi connectivity index (χ4v) is 2.08. The Morgan fingerprint density at radius 2 is 2.29 bits per heavy atom. The summed E-state index contributed by atoms with van der Waals surface area (Å²) in [6, 6.07) is 3.99. The van der Waals surface area contributed by atoms with Crippen LogP contribution in [-0.4, -0.2) is 19.7 Å². The summed E-state index contributed by atoms with van der Waals surface area (Å²) >= 11 is 1.53. The molecule has 0 radical (unpaired) electrons. The summed E-state index contributed by atoms with van der Waals surface area (Å²) in [5, 5.41) is 8.68. The molecule has 0 fully saturated rings. The maximum Gasteiger partial charge on any atom is 0.195 e. The van der Waals surface area contributed by atoms with Crippen molar-refractivity contribution < 1.29 is 0 Å². The van der Waals surface area contributed by atoms with Crippen molar-refractivity contribution in [3.63, 3.8) is 0 Å². The van der Waals surface area contributed by atoms with Gasteiger partial charge in [0.25, 0.3) is 0 Å². The predicted octanol–water partition coefficient (Wildman–Crippen LogP) is 1.77. The lowest BCUT2D eigenvalue weighted by molar-refractivity contribution is 0.674. The van der Waals surface area contributed by atoms with Crippen LogP contribution in [0.1, 0.15) is 25.1 Å². The van der Waals surface area contributed by atoms with E-state index < -0.39 is 0 Å². The Morgan fingerprint density at radius 3 is 2.82 bits per heavy atom. The van der Waals surface area contributed by atoms with Crippen LogP contribution in [0.3, 0.4) is 0 Å². The number of hydrogen-bond donors (Lipinski definition) is 1. The molecule has 2 heterocycles. The molecule has 0 amide bonds. The van der Waals surface area contributed by atoms with Crippen molar-refractivity contribution >= 4 is 11.8 Å². The zero-order valence-electron chi connectivity index (χ0n) is 9.87. The number of nitrogens with two attached hydrogens (primary N) is 1. The van der Waals surface area contributed by atoms with E-state index in [1.807, 2.05) is 29.9 Å². The molecule has 0 aliphatic carbocycles. The van der Waals surface area contributed by atoms with Gasteiger partial charge in [0.2, 0.25) is 0 Å². The Morgan fingerprint density at radius 1 is 1.47 bits per heavy atom. The quantitative estimate of drug-likeness (QED) is 0.894. The topological polar surface area (TPSA) is 69.6 Å². The van der Waals surface area contributed by atoms with Crippen LogP contribution >= 0.6 is 11.8 Å². The maximum atomic E-state index is 5.91. The van der Waals surface area contributed by atoms with E-state index in [9.17, 15) is 0 Å². The Bertz CT molecular complexity index is 479. The van der Waals surface area contributed by atoms with Gasteiger partial charge in [-0.1, -0.05) is 6.92 Å². The SMILES string of the molecule is CC[C@@H](N)c1ccc(Sc2nncn2C)cn1. The van der Waals surface area contributed by atoms with E-state index in [1.165, 1.54) is 11.8 Å². The van der Waals surface area contributed by atoms with Crippen molar-refractivity contribution in [3.05, 3.63) is 30.4 Å². The normalized spacial score (nSPS) is 12.6. The lowest BCUT2D eigenvalue weighted by atomic mass is 10.1. The molecule has 0 aliphatic rings. The third kappa shape index (κ3) is 2.83. The fourth-order valence-electron chi connectivity index (χ4n) is 1.35. The second-order valence-corrected chi connectivity index (χ2v) is 4.80. The molecule has 0 aliphatic heterocycles. The van der Waals surface area contributed by atoms with Crippen molar-refractivity contribution in [1.29, 1.82) is 0 Å². The van der Waals surface area contributed by atoms with Crippen LogP contribution in [0.5, 0.6) is 0 Å². The van der Waals surface area contributed by atoms with E-state index in [-0.39, 0.29) is 6.04 Å². The smallest absolute Gasteiger partial charge is 0.195 e. The summed E-state index contributed by atoms with van der Waals surface area (Å²) in [4.78, 5) is 5.39. The van der Waals surface area contributed by atoms with Crippen LogP contribution < -0.4 is 5.73 Å². The van der Waals surface area contributed by atoms with Crippen LogP contribution in [0.2, 0.25) is 0 Å². The van der Waals surface area contributed by atoms with E-state index in [4.69, 9.17) is 5.73 Å². The van der Waals surface area contributed by atoms with Gasteiger partial charge in [-0.15, -0.1) is 10.2 Å². The summed E-state index contributed by atoms with van der Waals surface area (Å²) in [5.74, 6) is 0. The van der Waals surface area contributed by atoms with Gasteiger partial charge >= 0.3 is 0 Å². The van der Waals surface area contributed by atoms with Gasteiger partial charge in [0.15, 0.2) is 5.16 Å². The fraction of sp³-hybridized carbons (Fsp3) is 0.364. The Hall–Kier alpha value is -1.40. The first-order valence-corrected chi connectivity index (χ1v) is 6.25. The molecular formula is C11H15N5S. The second kappa shape index (κ2) is 5.29. The lowest BCUT2D eigenvalue weighted by Crippen LogP contribution is -2.10. The van der Waals surface area contributed by atoms with Crippen LogP contribution in [0.15, 0.2) is 34.7 Å². The first-order chi connectivity index (χ1) is 8.20. The summed E-state index contributed by atoms with van der Waals surface area (Å²) in [5.41, 5.74) is 6.83. The molecule has 2 N–H and O–H groups in total. The third-order valence-electron chi connectivity index (χ3n) is 2.46. The highest BCUT2D eigenvalue weighted by Gasteiger charge is 2.07. The summed E-state index contributed by atoms with van der Waals surface area (Å²) in [7, 11) is 1.91. The van der Waals surface area contributed by atoms with Crippen LogP contribution in [0, 0.1) is 0 Å².